The van der Waals surface area contributed by atoms with Crippen LogP contribution in [0, 0.1) is 20.8 Å². The molecule has 1 fully saturated rings. The van der Waals surface area contributed by atoms with Gasteiger partial charge in [0.1, 0.15) is 30.0 Å². The lowest BCUT2D eigenvalue weighted by molar-refractivity contribution is 0.0586. The molecule has 2 aromatic heterocycles. The Morgan fingerprint density at radius 2 is 2.00 bits per heavy atom. The van der Waals surface area contributed by atoms with Gasteiger partial charge in [-0.3, -0.25) is 4.90 Å². The van der Waals surface area contributed by atoms with Crippen LogP contribution in [0.3, 0.4) is 0 Å². The molecule has 218 valence electrons. The third kappa shape index (κ3) is 6.71. The lowest BCUT2D eigenvalue weighted by Crippen LogP contribution is -2.54. The molecule has 4 rings (SSSR count). The molecule has 0 saturated carbocycles. The molecular formula is C28H37ClF2N6O3. The highest BCUT2D eigenvalue weighted by molar-refractivity contribution is 6.33. The first-order valence-electron chi connectivity index (χ1n) is 13.5. The molecule has 9 nitrogen and oxygen atoms in total. The third-order valence-electron chi connectivity index (χ3n) is 7.20. The normalized spacial score (nSPS) is 17.1. The van der Waals surface area contributed by atoms with Crippen LogP contribution in [-0.4, -0.2) is 90.1 Å². The van der Waals surface area contributed by atoms with E-state index in [1.807, 2.05) is 32.6 Å². The van der Waals surface area contributed by atoms with E-state index in [1.54, 1.807) is 25.2 Å². The first-order chi connectivity index (χ1) is 19.1. The van der Waals surface area contributed by atoms with Crippen molar-refractivity contribution >= 4 is 17.4 Å². The molecule has 3 aromatic rings. The van der Waals surface area contributed by atoms with E-state index in [9.17, 15) is 13.9 Å². The minimum atomic E-state index is -2.38. The van der Waals surface area contributed by atoms with Gasteiger partial charge in [-0.25, -0.2) is 18.7 Å². The molecule has 2 N–H and O–H groups in total. The number of halogens is 3. The van der Waals surface area contributed by atoms with E-state index in [0.29, 0.717) is 71.3 Å². The van der Waals surface area contributed by atoms with E-state index in [0.717, 1.165) is 17.5 Å². The lowest BCUT2D eigenvalue weighted by atomic mass is 10.0. The standard InChI is InChI=1S/C28H37ClF2N6O3/c1-6-19-13-37(10-9-36(19)14-24(30)31)28-16(2)26(25-17(3)35-40-18(25)4)33-27(34-28)22-11-21(7-8-23(22)29)39-15-20(38)12-32-5/h7-8,11,19-20,24,32,38H,6,9-10,12-15H2,1-5H3/t19-,20+/m0/s1. The average molecular weight is 579 g/mol. The minimum absolute atomic E-state index is 0.0348. The fourth-order valence-corrected chi connectivity index (χ4v) is 5.34. The Balaban J connectivity index is 1.78. The Hall–Kier alpha value is -2.86. The number of anilines is 1. The van der Waals surface area contributed by atoms with E-state index in [1.165, 1.54) is 0 Å². The number of ether oxygens (including phenoxy) is 1. The van der Waals surface area contributed by atoms with Crippen molar-refractivity contribution in [2.24, 2.45) is 0 Å². The van der Waals surface area contributed by atoms with Gasteiger partial charge in [-0.2, -0.15) is 0 Å². The molecule has 12 heteroatoms. The second-order valence-electron chi connectivity index (χ2n) is 10.1. The van der Waals surface area contributed by atoms with Crippen LogP contribution in [0.2, 0.25) is 5.02 Å². The van der Waals surface area contributed by atoms with Crippen molar-refractivity contribution in [3.05, 3.63) is 40.2 Å². The summed E-state index contributed by atoms with van der Waals surface area (Å²) in [5, 5.41) is 17.5. The van der Waals surface area contributed by atoms with Gasteiger partial charge in [0.2, 0.25) is 0 Å². The molecule has 0 radical (unpaired) electrons. The van der Waals surface area contributed by atoms with Gasteiger partial charge in [0.15, 0.2) is 5.82 Å². The number of hydrogen-bond acceptors (Lipinski definition) is 9. The average Bonchev–Trinajstić information content (AvgIpc) is 3.26. The van der Waals surface area contributed by atoms with Crippen molar-refractivity contribution in [1.29, 1.82) is 0 Å². The van der Waals surface area contributed by atoms with E-state index in [4.69, 9.17) is 30.8 Å². The largest absolute Gasteiger partial charge is 0.491 e. The summed E-state index contributed by atoms with van der Waals surface area (Å²) in [5.74, 6) is 2.25. The molecular weight excluding hydrogens is 542 g/mol. The summed E-state index contributed by atoms with van der Waals surface area (Å²) in [4.78, 5) is 13.9. The summed E-state index contributed by atoms with van der Waals surface area (Å²) in [6.45, 7) is 9.53. The Bertz CT molecular complexity index is 1290. The fourth-order valence-electron chi connectivity index (χ4n) is 5.14. The molecule has 1 aliphatic rings. The number of aliphatic hydroxyl groups is 1. The van der Waals surface area contributed by atoms with E-state index < -0.39 is 12.5 Å². The fraction of sp³-hybridized carbons (Fsp3) is 0.536. The van der Waals surface area contributed by atoms with Gasteiger partial charge in [-0.1, -0.05) is 23.7 Å². The third-order valence-corrected chi connectivity index (χ3v) is 7.53. The van der Waals surface area contributed by atoms with Gasteiger partial charge < -0.3 is 24.6 Å². The highest BCUT2D eigenvalue weighted by Gasteiger charge is 2.31. The van der Waals surface area contributed by atoms with Crippen LogP contribution in [0.25, 0.3) is 22.6 Å². The maximum Gasteiger partial charge on any atom is 0.251 e. The van der Waals surface area contributed by atoms with Crippen molar-refractivity contribution < 1.29 is 23.1 Å². The van der Waals surface area contributed by atoms with Gasteiger partial charge >= 0.3 is 0 Å². The molecule has 0 bridgehead atoms. The van der Waals surface area contributed by atoms with Gasteiger partial charge in [-0.15, -0.1) is 0 Å². The zero-order chi connectivity index (χ0) is 29.0. The van der Waals surface area contributed by atoms with Crippen molar-refractivity contribution in [3.63, 3.8) is 0 Å². The molecule has 0 amide bonds. The smallest absolute Gasteiger partial charge is 0.251 e. The van der Waals surface area contributed by atoms with Gasteiger partial charge in [-0.05, 0) is 52.4 Å². The maximum absolute atomic E-state index is 13.2. The number of hydrogen-bond donors (Lipinski definition) is 2. The number of rotatable bonds is 11. The van der Waals surface area contributed by atoms with Crippen molar-refractivity contribution in [3.8, 4) is 28.4 Å². The zero-order valence-corrected chi connectivity index (χ0v) is 24.3. The number of aromatic nitrogens is 3. The summed E-state index contributed by atoms with van der Waals surface area (Å²) in [6.07, 6.45) is -2.32. The monoisotopic (exact) mass is 578 g/mol. The first kappa shape index (κ1) is 30.1. The van der Waals surface area contributed by atoms with Gasteiger partial charge in [0.05, 0.1) is 28.5 Å². The van der Waals surface area contributed by atoms with E-state index >= 15 is 0 Å². The SMILES string of the molecule is CC[C@H]1CN(c2nc(-c3cc(OC[C@H](O)CNC)ccc3Cl)nc(-c3c(C)noc3C)c2C)CCN1CC(F)F. The van der Waals surface area contributed by atoms with Crippen LogP contribution in [0.1, 0.15) is 30.4 Å². The molecule has 0 spiro atoms. The topological polar surface area (TPSA) is 99.8 Å². The van der Waals surface area contributed by atoms with Crippen LogP contribution in [0.5, 0.6) is 5.75 Å². The van der Waals surface area contributed by atoms with Crippen molar-refractivity contribution in [2.75, 3.05) is 51.3 Å². The Labute approximate surface area is 238 Å². The molecule has 2 atom stereocenters. The molecule has 3 heterocycles. The number of aryl methyl sites for hydroxylation is 2. The Morgan fingerprint density at radius 1 is 1.23 bits per heavy atom. The highest BCUT2D eigenvalue weighted by Crippen LogP contribution is 2.37. The van der Waals surface area contributed by atoms with Crippen LogP contribution in [0.4, 0.5) is 14.6 Å². The predicted octanol–water partition coefficient (Wildman–Crippen LogP) is 4.50. The number of likely N-dealkylation sites (N-methyl/N-ethyl adjacent to an activating group) is 1. The van der Waals surface area contributed by atoms with Crippen LogP contribution >= 0.6 is 11.6 Å². The predicted molar refractivity (Wildman–Crippen MR) is 151 cm³/mol. The summed E-state index contributed by atoms with van der Waals surface area (Å²) >= 11 is 6.66. The number of nitrogens with one attached hydrogen (secondary N) is 1. The first-order valence-corrected chi connectivity index (χ1v) is 13.8. The van der Waals surface area contributed by atoms with Crippen molar-refractivity contribution in [2.45, 2.75) is 52.7 Å². The molecule has 40 heavy (non-hydrogen) atoms. The van der Waals surface area contributed by atoms with Crippen LogP contribution in [0.15, 0.2) is 22.7 Å². The zero-order valence-electron chi connectivity index (χ0n) is 23.5. The molecule has 1 saturated heterocycles. The number of alkyl halides is 2. The molecule has 0 aliphatic carbocycles. The highest BCUT2D eigenvalue weighted by atomic mass is 35.5. The number of piperazine rings is 1. The number of aliphatic hydroxyl groups excluding tert-OH is 1. The number of benzene rings is 1. The van der Waals surface area contributed by atoms with Gasteiger partial charge in [0, 0.05) is 43.3 Å². The second-order valence-corrected chi connectivity index (χ2v) is 10.5. The lowest BCUT2D eigenvalue weighted by Gasteiger charge is -2.42. The summed E-state index contributed by atoms with van der Waals surface area (Å²) < 4.78 is 37.7. The quantitative estimate of drug-likeness (QED) is 0.340. The Kier molecular flexibility index (Phi) is 9.94. The van der Waals surface area contributed by atoms with Crippen LogP contribution in [-0.2, 0) is 0 Å². The summed E-state index contributed by atoms with van der Waals surface area (Å²) in [6, 6.07) is 5.17. The summed E-state index contributed by atoms with van der Waals surface area (Å²) in [5.41, 5.74) is 3.57. The molecule has 1 aromatic carbocycles. The minimum Gasteiger partial charge on any atom is -0.491 e. The maximum atomic E-state index is 13.2. The summed E-state index contributed by atoms with van der Waals surface area (Å²) in [7, 11) is 1.76. The molecule has 1 aliphatic heterocycles. The van der Waals surface area contributed by atoms with E-state index in [2.05, 4.69) is 15.4 Å². The number of nitrogens with zero attached hydrogens (tertiary/aromatic N) is 5. The van der Waals surface area contributed by atoms with Crippen LogP contribution < -0.4 is 15.0 Å². The Morgan fingerprint density at radius 3 is 2.65 bits per heavy atom. The molecule has 0 unspecified atom stereocenters. The second kappa shape index (κ2) is 13.2. The van der Waals surface area contributed by atoms with Gasteiger partial charge in [0.25, 0.3) is 6.43 Å². The van der Waals surface area contributed by atoms with E-state index in [-0.39, 0.29) is 19.2 Å². The van der Waals surface area contributed by atoms with Crippen molar-refractivity contribution in [1.82, 2.24) is 25.3 Å².